The lowest BCUT2D eigenvalue weighted by molar-refractivity contribution is 0.0955. The Hall–Kier alpha value is -1.88. The zero-order chi connectivity index (χ0) is 12.3. The molecule has 5 heteroatoms. The second kappa shape index (κ2) is 4.97. The number of halogens is 1. The van der Waals surface area contributed by atoms with E-state index in [-0.39, 0.29) is 18.3 Å². The Labute approximate surface area is 102 Å². The molecule has 0 saturated carbocycles. The molecule has 0 atom stereocenters. The summed E-state index contributed by atoms with van der Waals surface area (Å²) in [5.41, 5.74) is 6.80. The SMILES string of the molecule is Nc1ccsc1C(=O)NCc1cccc(F)c1. The molecule has 0 saturated heterocycles. The van der Waals surface area contributed by atoms with Crippen molar-refractivity contribution in [1.29, 1.82) is 0 Å². The summed E-state index contributed by atoms with van der Waals surface area (Å²) in [6.45, 7) is 0.286. The van der Waals surface area contributed by atoms with E-state index >= 15 is 0 Å². The summed E-state index contributed by atoms with van der Waals surface area (Å²) in [7, 11) is 0. The predicted molar refractivity (Wildman–Crippen MR) is 66.3 cm³/mol. The van der Waals surface area contributed by atoms with E-state index in [2.05, 4.69) is 5.32 Å². The van der Waals surface area contributed by atoms with Crippen molar-refractivity contribution in [3.8, 4) is 0 Å². The monoisotopic (exact) mass is 250 g/mol. The minimum Gasteiger partial charge on any atom is -0.397 e. The Morgan fingerprint density at radius 2 is 2.24 bits per heavy atom. The van der Waals surface area contributed by atoms with Crippen LogP contribution in [-0.4, -0.2) is 5.91 Å². The van der Waals surface area contributed by atoms with Crippen LogP contribution in [0, 0.1) is 5.82 Å². The molecule has 88 valence electrons. The van der Waals surface area contributed by atoms with Crippen LogP contribution in [0.15, 0.2) is 35.7 Å². The molecule has 3 N–H and O–H groups in total. The van der Waals surface area contributed by atoms with Gasteiger partial charge >= 0.3 is 0 Å². The average Bonchev–Trinajstić information content (AvgIpc) is 2.72. The molecule has 1 aromatic carbocycles. The Bertz CT molecular complexity index is 539. The molecule has 2 rings (SSSR count). The second-order valence-electron chi connectivity index (χ2n) is 3.52. The highest BCUT2D eigenvalue weighted by Gasteiger charge is 2.10. The van der Waals surface area contributed by atoms with Crippen LogP contribution in [0.2, 0.25) is 0 Å². The Morgan fingerprint density at radius 3 is 2.88 bits per heavy atom. The molecule has 17 heavy (non-hydrogen) atoms. The number of rotatable bonds is 3. The number of nitrogens with one attached hydrogen (secondary N) is 1. The minimum absolute atomic E-state index is 0.234. The molecular formula is C12H11FN2OS. The normalized spacial score (nSPS) is 10.2. The zero-order valence-electron chi connectivity index (χ0n) is 8.94. The average molecular weight is 250 g/mol. The lowest BCUT2D eigenvalue weighted by atomic mass is 10.2. The first-order valence-electron chi connectivity index (χ1n) is 5.02. The molecule has 0 aliphatic carbocycles. The molecule has 0 bridgehead atoms. The van der Waals surface area contributed by atoms with Crippen LogP contribution in [0.4, 0.5) is 10.1 Å². The van der Waals surface area contributed by atoms with Gasteiger partial charge in [-0.05, 0) is 29.1 Å². The molecule has 0 fully saturated rings. The van der Waals surface area contributed by atoms with Crippen molar-refractivity contribution < 1.29 is 9.18 Å². The maximum absolute atomic E-state index is 12.9. The first-order valence-corrected chi connectivity index (χ1v) is 5.90. The van der Waals surface area contributed by atoms with E-state index in [0.29, 0.717) is 16.1 Å². The van der Waals surface area contributed by atoms with Gasteiger partial charge in [0.25, 0.3) is 5.91 Å². The number of thiophene rings is 1. The van der Waals surface area contributed by atoms with E-state index in [9.17, 15) is 9.18 Å². The summed E-state index contributed by atoms with van der Waals surface area (Å²) in [5.74, 6) is -0.547. The van der Waals surface area contributed by atoms with E-state index in [1.807, 2.05) is 0 Å². The van der Waals surface area contributed by atoms with Gasteiger partial charge in [-0.15, -0.1) is 11.3 Å². The molecule has 0 radical (unpaired) electrons. The second-order valence-corrected chi connectivity index (χ2v) is 4.43. The van der Waals surface area contributed by atoms with E-state index < -0.39 is 0 Å². The number of benzene rings is 1. The van der Waals surface area contributed by atoms with E-state index in [0.717, 1.165) is 0 Å². The van der Waals surface area contributed by atoms with Crippen LogP contribution >= 0.6 is 11.3 Å². The molecule has 0 unspecified atom stereocenters. The largest absolute Gasteiger partial charge is 0.397 e. The van der Waals surface area contributed by atoms with Crippen molar-refractivity contribution in [2.24, 2.45) is 0 Å². The highest BCUT2D eigenvalue weighted by Crippen LogP contribution is 2.18. The van der Waals surface area contributed by atoms with Crippen LogP contribution in [0.25, 0.3) is 0 Å². The lowest BCUT2D eigenvalue weighted by Gasteiger charge is -2.04. The number of nitrogens with two attached hydrogens (primary N) is 1. The fraction of sp³-hybridized carbons (Fsp3) is 0.0833. The van der Waals surface area contributed by atoms with E-state index in [1.165, 1.54) is 23.5 Å². The summed E-state index contributed by atoms with van der Waals surface area (Å²) in [6, 6.07) is 7.79. The number of hydrogen-bond donors (Lipinski definition) is 2. The topological polar surface area (TPSA) is 55.1 Å². The van der Waals surface area contributed by atoms with Gasteiger partial charge < -0.3 is 11.1 Å². The number of amides is 1. The van der Waals surface area contributed by atoms with Crippen molar-refractivity contribution in [2.45, 2.75) is 6.54 Å². The van der Waals surface area contributed by atoms with Gasteiger partial charge in [0.15, 0.2) is 0 Å². The number of anilines is 1. The van der Waals surface area contributed by atoms with Crippen molar-refractivity contribution in [3.63, 3.8) is 0 Å². The van der Waals surface area contributed by atoms with Gasteiger partial charge in [-0.1, -0.05) is 12.1 Å². The van der Waals surface area contributed by atoms with Crippen molar-refractivity contribution >= 4 is 22.9 Å². The quantitative estimate of drug-likeness (QED) is 0.878. The van der Waals surface area contributed by atoms with Gasteiger partial charge in [0, 0.05) is 6.54 Å². The summed E-state index contributed by atoms with van der Waals surface area (Å²) in [6.07, 6.45) is 0. The van der Waals surface area contributed by atoms with Gasteiger partial charge in [-0.3, -0.25) is 4.79 Å². The Kier molecular flexibility index (Phi) is 3.39. The molecule has 1 heterocycles. The van der Waals surface area contributed by atoms with Gasteiger partial charge in [-0.25, -0.2) is 4.39 Å². The summed E-state index contributed by atoms with van der Waals surface area (Å²) >= 11 is 1.28. The zero-order valence-corrected chi connectivity index (χ0v) is 9.76. The third kappa shape index (κ3) is 2.82. The molecule has 2 aromatic rings. The molecule has 1 aromatic heterocycles. The first kappa shape index (κ1) is 11.6. The number of carbonyl (C=O) groups is 1. The first-order chi connectivity index (χ1) is 8.16. The van der Waals surface area contributed by atoms with Crippen LogP contribution in [0.3, 0.4) is 0 Å². The van der Waals surface area contributed by atoms with E-state index in [4.69, 9.17) is 5.73 Å². The van der Waals surface area contributed by atoms with Crippen LogP contribution in [0.5, 0.6) is 0 Å². The predicted octanol–water partition coefficient (Wildman–Crippen LogP) is 2.40. The summed E-state index contributed by atoms with van der Waals surface area (Å²) < 4.78 is 12.9. The third-order valence-electron chi connectivity index (χ3n) is 2.24. The number of carbonyl (C=O) groups excluding carboxylic acids is 1. The fourth-order valence-electron chi connectivity index (χ4n) is 1.41. The lowest BCUT2D eigenvalue weighted by Crippen LogP contribution is -2.22. The van der Waals surface area contributed by atoms with Crippen molar-refractivity contribution in [3.05, 3.63) is 52.0 Å². The Balaban J connectivity index is 1.99. The number of hydrogen-bond acceptors (Lipinski definition) is 3. The minimum atomic E-state index is -0.313. The standard InChI is InChI=1S/C12H11FN2OS/c13-9-3-1-2-8(6-9)7-15-12(16)11-10(14)4-5-17-11/h1-6H,7,14H2,(H,15,16). The van der Waals surface area contributed by atoms with Crippen molar-refractivity contribution in [1.82, 2.24) is 5.32 Å². The molecule has 0 spiro atoms. The maximum atomic E-state index is 12.9. The molecular weight excluding hydrogens is 239 g/mol. The number of nitrogen functional groups attached to an aromatic ring is 1. The third-order valence-corrected chi connectivity index (χ3v) is 3.17. The smallest absolute Gasteiger partial charge is 0.263 e. The summed E-state index contributed by atoms with van der Waals surface area (Å²) in [4.78, 5) is 12.2. The van der Waals surface area contributed by atoms with Crippen LogP contribution in [-0.2, 0) is 6.54 Å². The van der Waals surface area contributed by atoms with Gasteiger partial charge in [0.2, 0.25) is 0 Å². The van der Waals surface area contributed by atoms with Gasteiger partial charge in [0.05, 0.1) is 5.69 Å². The Morgan fingerprint density at radius 1 is 1.41 bits per heavy atom. The molecule has 0 aliphatic heterocycles. The highest BCUT2D eigenvalue weighted by molar-refractivity contribution is 7.12. The van der Waals surface area contributed by atoms with Gasteiger partial charge in [-0.2, -0.15) is 0 Å². The molecule has 3 nitrogen and oxygen atoms in total. The van der Waals surface area contributed by atoms with E-state index in [1.54, 1.807) is 23.6 Å². The van der Waals surface area contributed by atoms with Crippen LogP contribution in [0.1, 0.15) is 15.2 Å². The molecule has 1 amide bonds. The van der Waals surface area contributed by atoms with Crippen molar-refractivity contribution in [2.75, 3.05) is 5.73 Å². The van der Waals surface area contributed by atoms with Crippen LogP contribution < -0.4 is 11.1 Å². The summed E-state index contributed by atoms with van der Waals surface area (Å²) in [5, 5.41) is 4.45. The maximum Gasteiger partial charge on any atom is 0.263 e. The fourth-order valence-corrected chi connectivity index (χ4v) is 2.15. The highest BCUT2D eigenvalue weighted by atomic mass is 32.1. The molecule has 0 aliphatic rings. The van der Waals surface area contributed by atoms with Gasteiger partial charge in [0.1, 0.15) is 10.7 Å².